The Kier molecular flexibility index (Phi) is 45.9. The molecule has 5 amide bonds. The van der Waals surface area contributed by atoms with Gasteiger partial charge < -0.3 is 58.6 Å². The van der Waals surface area contributed by atoms with Crippen molar-refractivity contribution in [2.24, 2.45) is 11.8 Å². The second kappa shape index (κ2) is 52.6. The van der Waals surface area contributed by atoms with Gasteiger partial charge in [-0.2, -0.15) is 0 Å². The Labute approximate surface area is 858 Å². The molecule has 33 heteroatoms. The number of aliphatic hydroxyl groups excluding tert-OH is 1. The third kappa shape index (κ3) is 33.7. The van der Waals surface area contributed by atoms with Crippen molar-refractivity contribution in [3.8, 4) is 0 Å². The number of carboxylic acids is 2. The van der Waals surface area contributed by atoms with Crippen LogP contribution < -0.4 is 18.9 Å². The third-order valence-corrected chi connectivity index (χ3v) is 35.1. The van der Waals surface area contributed by atoms with E-state index in [2.05, 4.69) is 92.7 Å². The number of methoxy groups -OCH3 is 1. The zero-order valence-corrected chi connectivity index (χ0v) is 86.3. The fourth-order valence-corrected chi connectivity index (χ4v) is 19.4. The predicted octanol–water partition coefficient (Wildman–Crippen LogP) is 21.2. The number of carbonyl (C=O) groups is 8. The van der Waals surface area contributed by atoms with Crippen molar-refractivity contribution < 1.29 is 101 Å². The molecule has 2 aliphatic heterocycles. The van der Waals surface area contributed by atoms with Crippen molar-refractivity contribution in [2.75, 3.05) is 28.3 Å². The molecule has 0 bridgehead atoms. The van der Waals surface area contributed by atoms with E-state index in [9.17, 15) is 48.6 Å². The molecular weight excluding hydrogens is 1870 g/mol. The molecule has 0 spiro atoms. The van der Waals surface area contributed by atoms with E-state index in [4.69, 9.17) is 63.0 Å². The standard InChI is InChI=1S/C38H51ClN4O6Si.C37H49ClN4O6Si.C28H29ClN2O4.4CH4.Li.H2O/c1-37(2,3)48-36(46)43-30(16-17-31(43)33(28-15-18-32(39)41-23-28)49-50(9,10)38(4,5)6)20-25-11-13-27(14-12-25)34(44)42(7)24-26-19-29(22-40-21-26)35(45)47-8;1-36(2,3)47-35(46)42-29(15-16-30(42)32(27-14-17-31(38)40-22-27)48-49(8,9)37(4,5)6)19-24-10-12-26(13-11-24)33(43)41(7)23-25-18-28(34(44)45)21-39-20-25;1-31(17-20-14-24(28(34)35)16-30-15-20)27(33)22-5-2-18(3-6-22)12-19-4-7-23(13-19)26(32)21-8-10-25(29)11-9-21;;;;;;/h11-15,18-19,21-23,30-31,33H,16-17,20,24H2,1-10H3;10-14,17-18,20-22,29-30,32H,15-16,19,23H2,1-9H3,(H,44,45);2-3,5-6,8-11,14-16,19,23,26,32H,4,7,12-13,17H2,1H3,(H,34,35);4*1H4;;1H2/q;;;;;;;+1;/p-1/t30-,31+,33+;29-,30+,32+;19-,23-,26+;;;;;;/m000....../s1. The number of benzene rings is 4. The molecule has 140 heavy (non-hydrogen) atoms. The van der Waals surface area contributed by atoms with E-state index in [1.165, 1.54) is 48.3 Å². The molecule has 2 saturated heterocycles. The molecule has 1 aliphatic carbocycles. The maximum Gasteiger partial charge on any atom is 1.00 e. The molecule has 7 heterocycles. The Morgan fingerprint density at radius 1 is 0.429 bits per heavy atom. The van der Waals surface area contributed by atoms with Gasteiger partial charge in [0, 0.05) is 135 Å². The minimum absolute atomic E-state index is 0. The van der Waals surface area contributed by atoms with Gasteiger partial charge in [0.05, 0.1) is 54.2 Å². The molecule has 9 atom stereocenters. The van der Waals surface area contributed by atoms with Gasteiger partial charge in [-0.3, -0.25) is 39.1 Å². The predicted molar refractivity (Wildman–Crippen MR) is 552 cm³/mol. The summed E-state index contributed by atoms with van der Waals surface area (Å²) in [6.45, 7) is 34.0. The number of nitrogens with zero attached hydrogens (tertiary/aromatic N) is 10. The Morgan fingerprint density at radius 2 is 0.757 bits per heavy atom. The molecule has 756 valence electrons. The van der Waals surface area contributed by atoms with Gasteiger partial charge in [0.25, 0.3) is 17.7 Å². The number of halogens is 3. The smallest absolute Gasteiger partial charge is 0.870 e. The Morgan fingerprint density at radius 3 is 1.07 bits per heavy atom. The van der Waals surface area contributed by atoms with Gasteiger partial charge in [-0.1, -0.05) is 167 Å². The zero-order chi connectivity index (χ0) is 98.3. The second-order valence-electron chi connectivity index (χ2n) is 40.3. The number of ether oxygens (including phenoxy) is 3. The number of hydrogen-bond donors (Lipinski definition) is 3. The van der Waals surface area contributed by atoms with Crippen LogP contribution in [0.2, 0.25) is 51.6 Å². The molecule has 12 rings (SSSR count). The van der Waals surface area contributed by atoms with Gasteiger partial charge >= 0.3 is 49.0 Å². The average Bonchev–Trinajstić information content (AvgIpc) is 1.53. The minimum Gasteiger partial charge on any atom is -0.870 e. The van der Waals surface area contributed by atoms with Crippen molar-refractivity contribution in [3.05, 3.63) is 288 Å². The van der Waals surface area contributed by atoms with Crippen molar-refractivity contribution in [1.29, 1.82) is 0 Å². The van der Waals surface area contributed by atoms with Crippen LogP contribution in [-0.2, 0) is 62.0 Å². The van der Waals surface area contributed by atoms with Crippen LogP contribution in [-0.4, -0.2) is 198 Å². The van der Waals surface area contributed by atoms with E-state index in [1.807, 2.05) is 148 Å². The van der Waals surface area contributed by atoms with E-state index in [0.29, 0.717) is 79.5 Å². The van der Waals surface area contributed by atoms with Crippen LogP contribution in [0, 0.1) is 11.8 Å². The molecule has 27 nitrogen and oxygen atoms in total. The number of likely N-dealkylation sites (tertiary alicyclic amines) is 2. The van der Waals surface area contributed by atoms with Gasteiger partial charge in [-0.15, -0.1) is 0 Å². The molecule has 1 saturated carbocycles. The van der Waals surface area contributed by atoms with Crippen LogP contribution in [0.15, 0.2) is 189 Å². The number of hydrogen-bond acceptors (Lipinski definition) is 20. The van der Waals surface area contributed by atoms with Crippen molar-refractivity contribution in [3.63, 3.8) is 0 Å². The molecule has 4 N–H and O–H groups in total. The number of carboxylic acid groups (broad SMARTS) is 2. The molecule has 0 radical (unpaired) electrons. The van der Waals surface area contributed by atoms with Gasteiger partial charge in [0.2, 0.25) is 0 Å². The minimum atomic E-state index is -2.30. The molecule has 3 aliphatic rings. The molecule has 4 aromatic carbocycles. The van der Waals surface area contributed by atoms with E-state index in [1.54, 1.807) is 92.3 Å². The van der Waals surface area contributed by atoms with Crippen LogP contribution in [0.25, 0.3) is 0 Å². The maximum atomic E-state index is 14.0. The summed E-state index contributed by atoms with van der Waals surface area (Å²) in [5, 5.41) is 30.5. The molecule has 5 aromatic heterocycles. The fourth-order valence-electron chi connectivity index (χ4n) is 16.5. The third-order valence-electron chi connectivity index (χ3n) is 25.5. The topological polar surface area (TPSA) is 354 Å². The van der Waals surface area contributed by atoms with Crippen molar-refractivity contribution in [1.82, 2.24) is 49.4 Å². The zero-order valence-electron chi connectivity index (χ0n) is 82.0. The number of amides is 5. The van der Waals surface area contributed by atoms with Crippen molar-refractivity contribution in [2.45, 2.75) is 287 Å². The monoisotopic (exact) mass is 2010 g/mol. The fraction of sp³-hybridized carbons (Fsp3) is 0.467. The van der Waals surface area contributed by atoms with Gasteiger partial charge in [-0.25, -0.2) is 33.9 Å². The number of aromatic nitrogens is 5. The first-order valence-electron chi connectivity index (χ1n) is 45.3. The summed E-state index contributed by atoms with van der Waals surface area (Å²) < 4.78 is 30.9. The number of rotatable bonds is 28. The van der Waals surface area contributed by atoms with E-state index in [0.717, 1.165) is 72.8 Å². The van der Waals surface area contributed by atoms with Gasteiger partial charge in [0.1, 0.15) is 21.5 Å². The van der Waals surface area contributed by atoms with Crippen LogP contribution in [0.3, 0.4) is 0 Å². The SMILES string of the molecule is C.C.C.C.CN(Cc1cncc(C(=O)O)c1)C(=O)c1ccc(C[C@@H]2CC[C@H]([C@H](O)c3ccc(Cl)cc3)C2)cc1.CN(Cc1cncc(C(=O)O)c1)C(=O)c1ccc(C[C@@H]2CC[C@H]([C@H](O[Si](C)(C)C(C)(C)C)c3ccc(Cl)nc3)N2C(=O)OC(C)(C)C)cc1.COC(=O)c1cncc(CN(C)C(=O)c2ccc(C[C@@H]3CC[C@H]([C@H](O[Si](C)(C)C(C)(C)C)c4ccc(Cl)nc4)N3C(=O)OC(C)(C)C)cc2)c1.[Li+].[OH-]. The molecular formula is C107H146Cl3LiN10O17Si2. The number of aliphatic hydroxyl groups is 1. The van der Waals surface area contributed by atoms with E-state index in [-0.39, 0.29) is 155 Å². The number of carbonyl (C=O) groups excluding carboxylic acids is 6. The summed E-state index contributed by atoms with van der Waals surface area (Å²) in [6, 6.07) is 41.2. The first kappa shape index (κ1) is 122. The van der Waals surface area contributed by atoms with Crippen LogP contribution in [0.1, 0.15) is 288 Å². The van der Waals surface area contributed by atoms with Gasteiger partial charge in [-0.05, 0) is 272 Å². The maximum absolute atomic E-state index is 14.0. The molecule has 0 unspecified atom stereocenters. The summed E-state index contributed by atoms with van der Waals surface area (Å²) in [5.41, 5.74) is 8.53. The summed E-state index contributed by atoms with van der Waals surface area (Å²) >= 11 is 18.3. The van der Waals surface area contributed by atoms with Crippen molar-refractivity contribution >= 4 is 99.3 Å². The first-order valence-corrected chi connectivity index (χ1v) is 52.2. The number of pyridine rings is 5. The first-order chi connectivity index (χ1) is 62.8. The average molecular weight is 2010 g/mol. The normalized spacial score (nSPS) is 16.9. The Balaban J connectivity index is 0.000000435. The van der Waals surface area contributed by atoms with E-state index < -0.39 is 64.1 Å². The Hall–Kier alpha value is -10.3. The van der Waals surface area contributed by atoms with Crippen LogP contribution >= 0.6 is 34.8 Å². The van der Waals surface area contributed by atoms with E-state index >= 15 is 0 Å². The largest absolute Gasteiger partial charge is 1.00 e. The summed E-state index contributed by atoms with van der Waals surface area (Å²) in [5.74, 6) is -2.36. The number of aromatic carboxylic acids is 2. The van der Waals surface area contributed by atoms with Crippen LogP contribution in [0.4, 0.5) is 9.59 Å². The summed E-state index contributed by atoms with van der Waals surface area (Å²) in [6.07, 6.45) is 18.2. The second-order valence-corrected chi connectivity index (χ2v) is 51.0. The molecule has 3 fully saturated rings. The van der Waals surface area contributed by atoms with Crippen LogP contribution in [0.5, 0.6) is 0 Å². The molecule has 9 aromatic rings. The summed E-state index contributed by atoms with van der Waals surface area (Å²) in [4.78, 5) is 131. The quantitative estimate of drug-likeness (QED) is 0.0177. The summed E-state index contributed by atoms with van der Waals surface area (Å²) in [7, 11) is 1.77. The van der Waals surface area contributed by atoms with Gasteiger partial charge in [0.15, 0.2) is 16.6 Å². The Bertz CT molecular complexity index is 5550. The number of esters is 1.